The molecule has 0 aromatic heterocycles. The zero-order valence-corrected chi connectivity index (χ0v) is 12.3. The number of amides is 1. The standard InChI is InChI=1S/C12H14BrN3O4/c1-12(6-20-5-10(12)14)11(17)15-8-3-2-7(13)4-9(8)16(18)19/h2-4,10H,5-6,14H2,1H3,(H,15,17). The van der Waals surface area contributed by atoms with Gasteiger partial charge in [0.1, 0.15) is 5.69 Å². The highest BCUT2D eigenvalue weighted by Crippen LogP contribution is 2.32. The van der Waals surface area contributed by atoms with E-state index in [2.05, 4.69) is 21.2 Å². The minimum atomic E-state index is -0.888. The lowest BCUT2D eigenvalue weighted by Crippen LogP contribution is -2.47. The van der Waals surface area contributed by atoms with Gasteiger partial charge in [-0.05, 0) is 19.1 Å². The molecule has 2 rings (SSSR count). The van der Waals surface area contributed by atoms with Crippen LogP contribution < -0.4 is 11.1 Å². The van der Waals surface area contributed by atoms with Gasteiger partial charge in [0.05, 0.1) is 23.6 Å². The van der Waals surface area contributed by atoms with Gasteiger partial charge in [0.15, 0.2) is 0 Å². The summed E-state index contributed by atoms with van der Waals surface area (Å²) in [4.78, 5) is 22.8. The summed E-state index contributed by atoms with van der Waals surface area (Å²) in [7, 11) is 0. The lowest BCUT2D eigenvalue weighted by molar-refractivity contribution is -0.384. The highest BCUT2D eigenvalue weighted by Gasteiger charge is 2.44. The highest BCUT2D eigenvalue weighted by atomic mass is 79.9. The van der Waals surface area contributed by atoms with Gasteiger partial charge in [-0.15, -0.1) is 0 Å². The van der Waals surface area contributed by atoms with Crippen molar-refractivity contribution in [2.45, 2.75) is 13.0 Å². The van der Waals surface area contributed by atoms with Crippen LogP contribution in [0.1, 0.15) is 6.92 Å². The number of nitrogens with two attached hydrogens (primary N) is 1. The Bertz CT molecular complexity index is 566. The van der Waals surface area contributed by atoms with Crippen molar-refractivity contribution in [3.05, 3.63) is 32.8 Å². The Morgan fingerprint density at radius 2 is 2.35 bits per heavy atom. The second-order valence-electron chi connectivity index (χ2n) is 4.91. The summed E-state index contributed by atoms with van der Waals surface area (Å²) in [5, 5.41) is 13.6. The molecule has 8 heteroatoms. The molecule has 0 spiro atoms. The van der Waals surface area contributed by atoms with Gasteiger partial charge >= 0.3 is 0 Å². The fraction of sp³-hybridized carbons (Fsp3) is 0.417. The number of carbonyl (C=O) groups is 1. The first-order valence-corrected chi connectivity index (χ1v) is 6.72. The lowest BCUT2D eigenvalue weighted by Gasteiger charge is -2.25. The number of nitrogens with one attached hydrogen (secondary N) is 1. The van der Waals surface area contributed by atoms with Crippen molar-refractivity contribution in [1.82, 2.24) is 0 Å². The van der Waals surface area contributed by atoms with Gasteiger partial charge in [0, 0.05) is 16.6 Å². The second-order valence-corrected chi connectivity index (χ2v) is 5.83. The number of hydrogen-bond donors (Lipinski definition) is 2. The Kier molecular flexibility index (Phi) is 4.07. The predicted molar refractivity (Wildman–Crippen MR) is 76.3 cm³/mol. The monoisotopic (exact) mass is 343 g/mol. The summed E-state index contributed by atoms with van der Waals surface area (Å²) in [6, 6.07) is 4.00. The van der Waals surface area contributed by atoms with Crippen molar-refractivity contribution in [2.24, 2.45) is 11.1 Å². The maximum absolute atomic E-state index is 12.3. The largest absolute Gasteiger partial charge is 0.379 e. The summed E-state index contributed by atoms with van der Waals surface area (Å²) in [5.41, 5.74) is 4.94. The fourth-order valence-electron chi connectivity index (χ4n) is 1.95. The maximum atomic E-state index is 12.3. The van der Waals surface area contributed by atoms with Crippen molar-refractivity contribution in [3.8, 4) is 0 Å². The maximum Gasteiger partial charge on any atom is 0.293 e. The minimum absolute atomic E-state index is 0.142. The number of halogens is 1. The molecule has 1 aliphatic heterocycles. The molecule has 1 amide bonds. The van der Waals surface area contributed by atoms with Crippen LogP contribution in [0.5, 0.6) is 0 Å². The molecule has 0 bridgehead atoms. The van der Waals surface area contributed by atoms with Crippen LogP contribution in [0.25, 0.3) is 0 Å². The van der Waals surface area contributed by atoms with E-state index in [4.69, 9.17) is 10.5 Å². The van der Waals surface area contributed by atoms with Crippen LogP contribution in [0.15, 0.2) is 22.7 Å². The zero-order valence-electron chi connectivity index (χ0n) is 10.8. The molecule has 1 heterocycles. The number of nitro benzene ring substituents is 1. The molecule has 1 saturated heterocycles. The topological polar surface area (TPSA) is 107 Å². The van der Waals surface area contributed by atoms with Gasteiger partial charge in [-0.25, -0.2) is 0 Å². The molecule has 7 nitrogen and oxygen atoms in total. The molecule has 20 heavy (non-hydrogen) atoms. The molecule has 3 N–H and O–H groups in total. The van der Waals surface area contributed by atoms with Crippen LogP contribution in [0.3, 0.4) is 0 Å². The van der Waals surface area contributed by atoms with Gasteiger partial charge in [0.25, 0.3) is 5.69 Å². The Hall–Kier alpha value is -1.51. The zero-order chi connectivity index (χ0) is 14.9. The van der Waals surface area contributed by atoms with E-state index in [-0.39, 0.29) is 23.9 Å². The van der Waals surface area contributed by atoms with Gasteiger partial charge in [-0.2, -0.15) is 0 Å². The summed E-state index contributed by atoms with van der Waals surface area (Å²) in [5.74, 6) is -0.382. The van der Waals surface area contributed by atoms with Crippen LogP contribution in [-0.4, -0.2) is 30.1 Å². The molecular formula is C12H14BrN3O4. The van der Waals surface area contributed by atoms with E-state index >= 15 is 0 Å². The third kappa shape index (κ3) is 2.67. The van der Waals surface area contributed by atoms with Gasteiger partial charge in [0.2, 0.25) is 5.91 Å². The minimum Gasteiger partial charge on any atom is -0.379 e. The third-order valence-corrected chi connectivity index (χ3v) is 3.93. The van der Waals surface area contributed by atoms with Gasteiger partial charge in [-0.1, -0.05) is 15.9 Å². The van der Waals surface area contributed by atoms with E-state index < -0.39 is 16.4 Å². The quantitative estimate of drug-likeness (QED) is 0.640. The van der Waals surface area contributed by atoms with Crippen LogP contribution in [0, 0.1) is 15.5 Å². The first kappa shape index (κ1) is 14.9. The number of benzene rings is 1. The Balaban J connectivity index is 2.26. The molecule has 108 valence electrons. The highest BCUT2D eigenvalue weighted by molar-refractivity contribution is 9.10. The summed E-state index contributed by atoms with van der Waals surface area (Å²) >= 11 is 3.16. The molecule has 2 unspecified atom stereocenters. The molecule has 0 aliphatic carbocycles. The molecule has 2 atom stereocenters. The molecule has 1 aromatic carbocycles. The van der Waals surface area contributed by atoms with Crippen LogP contribution >= 0.6 is 15.9 Å². The third-order valence-electron chi connectivity index (χ3n) is 3.44. The predicted octanol–water partition coefficient (Wildman–Crippen LogP) is 1.66. The number of hydrogen-bond acceptors (Lipinski definition) is 5. The van der Waals surface area contributed by atoms with E-state index in [1.807, 2.05) is 0 Å². The Labute approximate surface area is 123 Å². The van der Waals surface area contributed by atoms with Gasteiger partial charge < -0.3 is 15.8 Å². The number of carbonyl (C=O) groups excluding carboxylic acids is 1. The lowest BCUT2D eigenvalue weighted by atomic mass is 9.85. The molecule has 1 aliphatic rings. The van der Waals surface area contributed by atoms with E-state index in [0.29, 0.717) is 11.1 Å². The number of anilines is 1. The number of nitro groups is 1. The van der Waals surface area contributed by atoms with E-state index in [9.17, 15) is 14.9 Å². The average molecular weight is 344 g/mol. The van der Waals surface area contributed by atoms with Crippen molar-refractivity contribution < 1.29 is 14.5 Å². The van der Waals surface area contributed by atoms with E-state index in [0.717, 1.165) is 0 Å². The van der Waals surface area contributed by atoms with Crippen molar-refractivity contribution in [1.29, 1.82) is 0 Å². The Morgan fingerprint density at radius 3 is 2.90 bits per heavy atom. The first-order valence-electron chi connectivity index (χ1n) is 5.93. The van der Waals surface area contributed by atoms with E-state index in [1.54, 1.807) is 13.0 Å². The normalized spacial score (nSPS) is 25.4. The summed E-state index contributed by atoms with van der Waals surface area (Å²) in [6.07, 6.45) is 0. The summed E-state index contributed by atoms with van der Waals surface area (Å²) < 4.78 is 5.76. The first-order chi connectivity index (χ1) is 9.34. The number of ether oxygens (including phenoxy) is 1. The number of nitrogens with zero attached hydrogens (tertiary/aromatic N) is 1. The van der Waals surface area contributed by atoms with Gasteiger partial charge in [-0.3, -0.25) is 14.9 Å². The Morgan fingerprint density at radius 1 is 1.65 bits per heavy atom. The van der Waals surface area contributed by atoms with Crippen LogP contribution in [0.2, 0.25) is 0 Å². The second kappa shape index (κ2) is 5.47. The number of rotatable bonds is 3. The molecule has 0 saturated carbocycles. The molecular weight excluding hydrogens is 330 g/mol. The van der Waals surface area contributed by atoms with Crippen molar-refractivity contribution >= 4 is 33.2 Å². The molecule has 1 aromatic rings. The smallest absolute Gasteiger partial charge is 0.293 e. The molecule has 1 fully saturated rings. The summed E-state index contributed by atoms with van der Waals surface area (Å²) in [6.45, 7) is 2.18. The van der Waals surface area contributed by atoms with E-state index in [1.165, 1.54) is 12.1 Å². The van der Waals surface area contributed by atoms with Crippen LogP contribution in [-0.2, 0) is 9.53 Å². The average Bonchev–Trinajstić information content (AvgIpc) is 2.73. The SMILES string of the molecule is CC1(C(=O)Nc2ccc(Br)cc2[N+](=O)[O-])COCC1N. The molecule has 0 radical (unpaired) electrons. The van der Waals surface area contributed by atoms with Crippen molar-refractivity contribution in [3.63, 3.8) is 0 Å². The van der Waals surface area contributed by atoms with Crippen LogP contribution in [0.4, 0.5) is 11.4 Å². The van der Waals surface area contributed by atoms with Crippen molar-refractivity contribution in [2.75, 3.05) is 18.5 Å². The fourth-order valence-corrected chi connectivity index (χ4v) is 2.30.